The van der Waals surface area contributed by atoms with Gasteiger partial charge in [-0.15, -0.1) is 0 Å². The van der Waals surface area contributed by atoms with Gasteiger partial charge in [0.2, 0.25) is 5.78 Å². The van der Waals surface area contributed by atoms with Crippen molar-refractivity contribution in [1.29, 1.82) is 0 Å². The highest BCUT2D eigenvalue weighted by molar-refractivity contribution is 6.64. The van der Waals surface area contributed by atoms with Crippen LogP contribution in [-0.4, -0.2) is 34.6 Å². The zero-order valence-electron chi connectivity index (χ0n) is 9.58. The largest absolute Gasteiger partial charge is 0.372 e. The quantitative estimate of drug-likeness (QED) is 0.650. The van der Waals surface area contributed by atoms with Crippen LogP contribution < -0.4 is 0 Å². The number of carbonyl (C=O) groups is 2. The highest BCUT2D eigenvalue weighted by atomic mass is 35.5. The molecule has 3 rings (SSSR count). The van der Waals surface area contributed by atoms with E-state index in [4.69, 9.17) is 11.6 Å². The molecule has 88 valence electrons. The minimum Gasteiger partial charge on any atom is -0.372 e. The van der Waals surface area contributed by atoms with Gasteiger partial charge in [0, 0.05) is 32.4 Å². The molecule has 17 heavy (non-hydrogen) atoms. The maximum atomic E-state index is 11.9. The first-order valence-corrected chi connectivity index (χ1v) is 5.78. The second-order valence-corrected chi connectivity index (χ2v) is 4.86. The summed E-state index contributed by atoms with van der Waals surface area (Å²) in [5.74, 6) is -1.10. The van der Waals surface area contributed by atoms with E-state index < -0.39 is 11.6 Å². The van der Waals surface area contributed by atoms with Crippen molar-refractivity contribution in [3.8, 4) is 0 Å². The summed E-state index contributed by atoms with van der Waals surface area (Å²) in [6.45, 7) is 0.809. The molecule has 2 heterocycles. The third-order valence-corrected chi connectivity index (χ3v) is 3.77. The standard InChI is InChI=1S/C12H11ClN2O2/c1-14-4-3-6-5-15(2)10-7(6)9(14)8(13)11(16)12(10)17/h5H,3-4H2,1-2H3. The average molecular weight is 251 g/mol. The molecule has 0 saturated carbocycles. The fourth-order valence-corrected chi connectivity index (χ4v) is 2.93. The third-order valence-electron chi connectivity index (χ3n) is 3.42. The second-order valence-electron chi connectivity index (χ2n) is 4.48. The molecule has 5 heteroatoms. The lowest BCUT2D eigenvalue weighted by Gasteiger charge is -2.31. The van der Waals surface area contributed by atoms with Crippen LogP contribution in [0.25, 0.3) is 5.70 Å². The van der Waals surface area contributed by atoms with Crippen LogP contribution in [0.2, 0.25) is 0 Å². The zero-order valence-corrected chi connectivity index (χ0v) is 10.3. The van der Waals surface area contributed by atoms with Gasteiger partial charge in [0.1, 0.15) is 10.7 Å². The number of ketones is 2. The summed E-state index contributed by atoms with van der Waals surface area (Å²) in [7, 11) is 3.68. The number of rotatable bonds is 0. The van der Waals surface area contributed by atoms with Crippen LogP contribution in [0.1, 0.15) is 21.6 Å². The number of likely N-dealkylation sites (N-methyl/N-ethyl adjacent to an activating group) is 1. The maximum Gasteiger partial charge on any atom is 0.251 e. The van der Waals surface area contributed by atoms with E-state index in [9.17, 15) is 9.59 Å². The predicted molar refractivity (Wildman–Crippen MR) is 63.9 cm³/mol. The van der Waals surface area contributed by atoms with Crippen molar-refractivity contribution in [2.75, 3.05) is 13.6 Å². The molecule has 0 atom stereocenters. The normalized spacial score (nSPS) is 18.9. The van der Waals surface area contributed by atoms with Crippen molar-refractivity contribution in [1.82, 2.24) is 9.47 Å². The molecule has 0 spiro atoms. The maximum absolute atomic E-state index is 11.9. The highest BCUT2D eigenvalue weighted by Gasteiger charge is 2.39. The number of aryl methyl sites for hydroxylation is 1. The van der Waals surface area contributed by atoms with Crippen molar-refractivity contribution in [3.63, 3.8) is 0 Å². The first-order valence-electron chi connectivity index (χ1n) is 5.41. The Morgan fingerprint density at radius 1 is 1.24 bits per heavy atom. The molecule has 1 aliphatic carbocycles. The van der Waals surface area contributed by atoms with Gasteiger partial charge in [-0.05, 0) is 12.0 Å². The number of allylic oxidation sites excluding steroid dienone is 1. The lowest BCUT2D eigenvalue weighted by atomic mass is 9.91. The van der Waals surface area contributed by atoms with Gasteiger partial charge in [0.25, 0.3) is 5.78 Å². The van der Waals surface area contributed by atoms with Crippen LogP contribution in [0, 0.1) is 0 Å². The molecule has 0 unspecified atom stereocenters. The van der Waals surface area contributed by atoms with Crippen molar-refractivity contribution in [3.05, 3.63) is 28.0 Å². The molecule has 1 aliphatic heterocycles. The van der Waals surface area contributed by atoms with E-state index in [1.54, 1.807) is 11.6 Å². The number of Topliss-reactive ketones (excluding diaryl/α,β-unsaturated/α-hetero) is 2. The monoisotopic (exact) mass is 250 g/mol. The first-order chi connectivity index (χ1) is 8.02. The molecule has 1 aromatic heterocycles. The van der Waals surface area contributed by atoms with Crippen LogP contribution >= 0.6 is 11.6 Å². The van der Waals surface area contributed by atoms with Gasteiger partial charge in [0.05, 0.1) is 5.70 Å². The Kier molecular flexibility index (Phi) is 2.01. The highest BCUT2D eigenvalue weighted by Crippen LogP contribution is 2.39. The second kappa shape index (κ2) is 3.23. The summed E-state index contributed by atoms with van der Waals surface area (Å²) in [5, 5.41) is 0.0529. The van der Waals surface area contributed by atoms with Gasteiger partial charge in [0.15, 0.2) is 0 Å². The molecular weight excluding hydrogens is 240 g/mol. The van der Waals surface area contributed by atoms with Gasteiger partial charge in [-0.2, -0.15) is 0 Å². The van der Waals surface area contributed by atoms with Crippen LogP contribution in [0.15, 0.2) is 11.2 Å². The molecule has 0 bridgehead atoms. The minimum absolute atomic E-state index is 0.0529. The fraction of sp³-hybridized carbons (Fsp3) is 0.333. The molecule has 0 saturated heterocycles. The number of hydrogen-bond acceptors (Lipinski definition) is 3. The Hall–Kier alpha value is -1.55. The van der Waals surface area contributed by atoms with E-state index in [1.165, 1.54) is 0 Å². The third kappa shape index (κ3) is 1.19. The van der Waals surface area contributed by atoms with Gasteiger partial charge in [-0.25, -0.2) is 0 Å². The molecular formula is C12H11ClN2O2. The Morgan fingerprint density at radius 2 is 1.94 bits per heavy atom. The minimum atomic E-state index is -0.601. The fourth-order valence-electron chi connectivity index (χ4n) is 2.60. The summed E-state index contributed by atoms with van der Waals surface area (Å²) < 4.78 is 1.73. The van der Waals surface area contributed by atoms with Crippen molar-refractivity contribution >= 4 is 28.9 Å². The SMILES string of the molecule is CN1CCc2cn(C)c3c2C1=C(Cl)C(=O)C3=O. The summed E-state index contributed by atoms with van der Waals surface area (Å²) in [6.07, 6.45) is 2.78. The summed E-state index contributed by atoms with van der Waals surface area (Å²) in [5.41, 5.74) is 3.11. The van der Waals surface area contributed by atoms with Crippen LogP contribution in [-0.2, 0) is 18.3 Å². The summed E-state index contributed by atoms with van der Waals surface area (Å²) in [4.78, 5) is 25.7. The van der Waals surface area contributed by atoms with E-state index in [1.807, 2.05) is 18.1 Å². The molecule has 0 aromatic carbocycles. The van der Waals surface area contributed by atoms with Crippen molar-refractivity contribution < 1.29 is 9.59 Å². The summed E-state index contributed by atoms with van der Waals surface area (Å²) >= 11 is 6.02. The summed E-state index contributed by atoms with van der Waals surface area (Å²) in [6, 6.07) is 0. The zero-order chi connectivity index (χ0) is 12.3. The number of aromatic nitrogens is 1. The molecule has 4 nitrogen and oxygen atoms in total. The lowest BCUT2D eigenvalue weighted by Crippen LogP contribution is -2.33. The van der Waals surface area contributed by atoms with Crippen LogP contribution in [0.4, 0.5) is 0 Å². The number of hydrogen-bond donors (Lipinski definition) is 0. The lowest BCUT2D eigenvalue weighted by molar-refractivity contribution is -0.111. The molecule has 0 amide bonds. The molecule has 0 radical (unpaired) electrons. The molecule has 0 fully saturated rings. The van der Waals surface area contributed by atoms with E-state index >= 15 is 0 Å². The van der Waals surface area contributed by atoms with Gasteiger partial charge in [-0.1, -0.05) is 11.6 Å². The van der Waals surface area contributed by atoms with E-state index in [0.717, 1.165) is 24.1 Å². The number of carbonyl (C=O) groups excluding carboxylic acids is 2. The molecule has 0 N–H and O–H groups in total. The smallest absolute Gasteiger partial charge is 0.251 e. The topological polar surface area (TPSA) is 42.3 Å². The number of halogens is 1. The van der Waals surface area contributed by atoms with Crippen molar-refractivity contribution in [2.24, 2.45) is 7.05 Å². The molecule has 2 aliphatic rings. The van der Waals surface area contributed by atoms with Crippen LogP contribution in [0.3, 0.4) is 0 Å². The number of nitrogens with zero attached hydrogens (tertiary/aromatic N) is 2. The Morgan fingerprint density at radius 3 is 2.65 bits per heavy atom. The van der Waals surface area contributed by atoms with E-state index in [2.05, 4.69) is 0 Å². The van der Waals surface area contributed by atoms with Gasteiger partial charge in [-0.3, -0.25) is 9.59 Å². The Bertz CT molecular complexity index is 598. The van der Waals surface area contributed by atoms with Gasteiger partial charge < -0.3 is 9.47 Å². The van der Waals surface area contributed by atoms with E-state index in [0.29, 0.717) is 11.4 Å². The Labute approximate surface area is 103 Å². The first kappa shape index (κ1) is 10.6. The average Bonchev–Trinajstić information content (AvgIpc) is 2.61. The Balaban J connectivity index is 2.41. The van der Waals surface area contributed by atoms with E-state index in [-0.39, 0.29) is 5.03 Å². The van der Waals surface area contributed by atoms with Crippen LogP contribution in [0.5, 0.6) is 0 Å². The van der Waals surface area contributed by atoms with Crippen molar-refractivity contribution in [2.45, 2.75) is 6.42 Å². The molecule has 1 aromatic rings. The van der Waals surface area contributed by atoms with Gasteiger partial charge >= 0.3 is 0 Å². The predicted octanol–water partition coefficient (Wildman–Crippen LogP) is 1.19.